The lowest BCUT2D eigenvalue weighted by Gasteiger charge is -2.11. The maximum absolute atomic E-state index is 13.6. The number of amides is 1. The summed E-state index contributed by atoms with van der Waals surface area (Å²) >= 11 is 0. The molecule has 1 aliphatic carbocycles. The quantitative estimate of drug-likeness (QED) is 0.777. The Hall–Kier alpha value is -1.86. The summed E-state index contributed by atoms with van der Waals surface area (Å²) in [5.41, 5.74) is 0.344. The zero-order valence-electron chi connectivity index (χ0n) is 10.1. The van der Waals surface area contributed by atoms with Crippen LogP contribution in [0.1, 0.15) is 35.7 Å². The topological polar surface area (TPSA) is 49.3 Å². The predicted octanol–water partition coefficient (Wildman–Crippen LogP) is 1.45. The molecule has 18 heavy (non-hydrogen) atoms. The van der Waals surface area contributed by atoms with Crippen LogP contribution in [0.4, 0.5) is 4.39 Å². The van der Waals surface area contributed by atoms with Crippen LogP contribution < -0.4 is 5.32 Å². The van der Waals surface area contributed by atoms with E-state index in [0.717, 1.165) is 12.8 Å². The van der Waals surface area contributed by atoms with Gasteiger partial charge < -0.3 is 10.4 Å². The standard InChI is InChI=1S/C14H14FNO2/c1-14(6-7-14)16-13(18)11-5-4-10(3-2-8-17)12(15)9-11/h4-5,9,17H,6-8H2,1H3,(H,16,18). The van der Waals surface area contributed by atoms with Crippen molar-refractivity contribution >= 4 is 5.91 Å². The molecule has 4 heteroatoms. The Balaban J connectivity index is 2.15. The first-order valence-corrected chi connectivity index (χ1v) is 5.76. The molecule has 1 saturated carbocycles. The Labute approximate surface area is 105 Å². The van der Waals surface area contributed by atoms with E-state index < -0.39 is 5.82 Å². The number of aliphatic hydroxyl groups is 1. The van der Waals surface area contributed by atoms with Crippen LogP contribution in [0.25, 0.3) is 0 Å². The minimum Gasteiger partial charge on any atom is -0.384 e. The van der Waals surface area contributed by atoms with Gasteiger partial charge in [0.25, 0.3) is 5.91 Å². The molecule has 1 aliphatic rings. The van der Waals surface area contributed by atoms with Crippen molar-refractivity contribution < 1.29 is 14.3 Å². The second-order valence-corrected chi connectivity index (χ2v) is 4.67. The van der Waals surface area contributed by atoms with Gasteiger partial charge in [-0.15, -0.1) is 0 Å². The fourth-order valence-corrected chi connectivity index (χ4v) is 1.55. The van der Waals surface area contributed by atoms with Crippen LogP contribution in [-0.2, 0) is 0 Å². The van der Waals surface area contributed by atoms with Crippen molar-refractivity contribution in [2.75, 3.05) is 6.61 Å². The summed E-state index contributed by atoms with van der Waals surface area (Å²) in [6.07, 6.45) is 1.92. The Bertz CT molecular complexity index is 538. The lowest BCUT2D eigenvalue weighted by atomic mass is 10.1. The highest BCUT2D eigenvalue weighted by molar-refractivity contribution is 5.95. The summed E-state index contributed by atoms with van der Waals surface area (Å²) in [4.78, 5) is 11.8. The van der Waals surface area contributed by atoms with Gasteiger partial charge in [0.2, 0.25) is 0 Å². The molecule has 2 N–H and O–H groups in total. The summed E-state index contributed by atoms with van der Waals surface area (Å²) < 4.78 is 13.6. The van der Waals surface area contributed by atoms with Gasteiger partial charge in [-0.05, 0) is 38.0 Å². The smallest absolute Gasteiger partial charge is 0.251 e. The molecule has 0 radical (unpaired) electrons. The Morgan fingerprint density at radius 3 is 2.83 bits per heavy atom. The third-order valence-electron chi connectivity index (χ3n) is 2.95. The molecule has 0 bridgehead atoms. The molecular formula is C14H14FNO2. The summed E-state index contributed by atoms with van der Waals surface area (Å²) in [5.74, 6) is 4.03. The van der Waals surface area contributed by atoms with Gasteiger partial charge in [-0.3, -0.25) is 4.79 Å². The van der Waals surface area contributed by atoms with Crippen LogP contribution in [0.3, 0.4) is 0 Å². The lowest BCUT2D eigenvalue weighted by Crippen LogP contribution is -2.34. The number of halogens is 1. The number of nitrogens with one attached hydrogen (secondary N) is 1. The van der Waals surface area contributed by atoms with Crippen molar-refractivity contribution in [2.24, 2.45) is 0 Å². The molecule has 1 fully saturated rings. The van der Waals surface area contributed by atoms with Crippen molar-refractivity contribution in [1.82, 2.24) is 5.32 Å². The van der Waals surface area contributed by atoms with Crippen LogP contribution in [0, 0.1) is 17.7 Å². The molecule has 0 unspecified atom stereocenters. The Morgan fingerprint density at radius 1 is 1.56 bits per heavy atom. The van der Waals surface area contributed by atoms with E-state index in [2.05, 4.69) is 17.2 Å². The van der Waals surface area contributed by atoms with Gasteiger partial charge in [0, 0.05) is 11.1 Å². The molecule has 2 rings (SSSR count). The first-order valence-electron chi connectivity index (χ1n) is 5.76. The third kappa shape index (κ3) is 2.88. The maximum atomic E-state index is 13.6. The average molecular weight is 247 g/mol. The molecule has 0 atom stereocenters. The molecule has 0 heterocycles. The molecule has 0 spiro atoms. The van der Waals surface area contributed by atoms with Gasteiger partial charge in [-0.1, -0.05) is 11.8 Å². The minimum atomic E-state index is -0.551. The van der Waals surface area contributed by atoms with Crippen LogP contribution in [0.15, 0.2) is 18.2 Å². The zero-order valence-corrected chi connectivity index (χ0v) is 10.1. The minimum absolute atomic E-state index is 0.122. The van der Waals surface area contributed by atoms with E-state index >= 15 is 0 Å². The molecular weight excluding hydrogens is 233 g/mol. The number of aliphatic hydroxyl groups excluding tert-OH is 1. The van der Waals surface area contributed by atoms with Gasteiger partial charge in [-0.2, -0.15) is 0 Å². The second kappa shape index (κ2) is 4.79. The largest absolute Gasteiger partial charge is 0.384 e. The Kier molecular flexibility index (Phi) is 3.35. The van der Waals surface area contributed by atoms with E-state index in [1.54, 1.807) is 0 Å². The number of hydrogen-bond donors (Lipinski definition) is 2. The first kappa shape index (κ1) is 12.6. The average Bonchev–Trinajstić information content (AvgIpc) is 3.05. The number of benzene rings is 1. The molecule has 1 aromatic rings. The highest BCUT2D eigenvalue weighted by Gasteiger charge is 2.38. The Morgan fingerprint density at radius 2 is 2.28 bits per heavy atom. The van der Waals surface area contributed by atoms with Crippen molar-refractivity contribution in [3.05, 3.63) is 35.1 Å². The number of carbonyl (C=O) groups is 1. The molecule has 0 aliphatic heterocycles. The SMILES string of the molecule is CC1(NC(=O)c2ccc(C#CCO)c(F)c2)CC1. The van der Waals surface area contributed by atoms with Crippen LogP contribution in [0.5, 0.6) is 0 Å². The van der Waals surface area contributed by atoms with Crippen molar-refractivity contribution in [1.29, 1.82) is 0 Å². The van der Waals surface area contributed by atoms with E-state index in [1.165, 1.54) is 18.2 Å². The highest BCUT2D eigenvalue weighted by atomic mass is 19.1. The third-order valence-corrected chi connectivity index (χ3v) is 2.95. The van der Waals surface area contributed by atoms with E-state index in [1.807, 2.05) is 6.92 Å². The summed E-state index contributed by atoms with van der Waals surface area (Å²) in [6.45, 7) is 1.64. The highest BCUT2D eigenvalue weighted by Crippen LogP contribution is 2.34. The normalized spacial score (nSPS) is 15.5. The van der Waals surface area contributed by atoms with Gasteiger partial charge in [0.15, 0.2) is 0 Å². The molecule has 0 saturated heterocycles. The van der Waals surface area contributed by atoms with Gasteiger partial charge in [0.05, 0.1) is 5.56 Å². The maximum Gasteiger partial charge on any atom is 0.251 e. The fraction of sp³-hybridized carbons (Fsp3) is 0.357. The van der Waals surface area contributed by atoms with E-state index in [9.17, 15) is 9.18 Å². The molecule has 94 valence electrons. The number of rotatable bonds is 2. The van der Waals surface area contributed by atoms with Gasteiger partial charge >= 0.3 is 0 Å². The van der Waals surface area contributed by atoms with Gasteiger partial charge in [0.1, 0.15) is 12.4 Å². The second-order valence-electron chi connectivity index (χ2n) is 4.67. The summed E-state index contributed by atoms with van der Waals surface area (Å²) in [6, 6.07) is 4.15. The van der Waals surface area contributed by atoms with Crippen LogP contribution in [-0.4, -0.2) is 23.2 Å². The van der Waals surface area contributed by atoms with Crippen molar-refractivity contribution in [3.8, 4) is 11.8 Å². The van der Waals surface area contributed by atoms with Crippen molar-refractivity contribution in [3.63, 3.8) is 0 Å². The number of hydrogen-bond acceptors (Lipinski definition) is 2. The molecule has 0 aromatic heterocycles. The molecule has 3 nitrogen and oxygen atoms in total. The molecule has 1 aromatic carbocycles. The molecule has 1 amide bonds. The van der Waals surface area contributed by atoms with Gasteiger partial charge in [-0.25, -0.2) is 4.39 Å². The van der Waals surface area contributed by atoms with Crippen LogP contribution >= 0.6 is 0 Å². The summed E-state index contributed by atoms with van der Waals surface area (Å²) in [5, 5.41) is 11.4. The van der Waals surface area contributed by atoms with E-state index in [4.69, 9.17) is 5.11 Å². The predicted molar refractivity (Wildman–Crippen MR) is 65.5 cm³/mol. The monoisotopic (exact) mass is 247 g/mol. The number of carbonyl (C=O) groups excluding carboxylic acids is 1. The summed E-state index contributed by atoms with van der Waals surface area (Å²) in [7, 11) is 0. The van der Waals surface area contributed by atoms with E-state index in [-0.39, 0.29) is 29.2 Å². The van der Waals surface area contributed by atoms with Crippen LogP contribution in [0.2, 0.25) is 0 Å². The lowest BCUT2D eigenvalue weighted by molar-refractivity contribution is 0.0935. The van der Waals surface area contributed by atoms with Crippen molar-refractivity contribution in [2.45, 2.75) is 25.3 Å². The first-order chi connectivity index (χ1) is 8.54. The fourth-order valence-electron chi connectivity index (χ4n) is 1.55. The zero-order chi connectivity index (χ0) is 13.2. The van der Waals surface area contributed by atoms with E-state index in [0.29, 0.717) is 0 Å².